The minimum atomic E-state index is -0.270. The number of nitrogens with one attached hydrogen (secondary N) is 4. The molecule has 0 aliphatic heterocycles. The van der Waals surface area contributed by atoms with Gasteiger partial charge in [0.2, 0.25) is 0 Å². The lowest BCUT2D eigenvalue weighted by Gasteiger charge is -2.06. The summed E-state index contributed by atoms with van der Waals surface area (Å²) in [6.07, 6.45) is 0. The average molecular weight is 337 g/mol. The van der Waals surface area contributed by atoms with Crippen LogP contribution >= 0.6 is 48.3 Å². The number of urea groups is 1. The van der Waals surface area contributed by atoms with Gasteiger partial charge in [-0.1, -0.05) is 23.5 Å². The van der Waals surface area contributed by atoms with E-state index < -0.39 is 0 Å². The average Bonchev–Trinajstić information content (AvgIpc) is 2.19. The van der Waals surface area contributed by atoms with Gasteiger partial charge in [-0.25, -0.2) is 4.79 Å². The highest BCUT2D eigenvalue weighted by molar-refractivity contribution is 8.13. The maximum absolute atomic E-state index is 11.1. The second kappa shape index (κ2) is 14.6. The van der Waals surface area contributed by atoms with Gasteiger partial charge in [0.1, 0.15) is 0 Å². The van der Waals surface area contributed by atoms with E-state index in [1.54, 1.807) is 0 Å². The monoisotopic (exact) mass is 336 g/mol. The Morgan fingerprint density at radius 2 is 1.28 bits per heavy atom. The van der Waals surface area contributed by atoms with Crippen molar-refractivity contribution < 1.29 is 4.79 Å². The second-order valence-corrected chi connectivity index (χ2v) is 4.88. The number of amides is 2. The molecule has 0 radical (unpaired) electrons. The molecule has 2 amide bonds. The zero-order valence-electron chi connectivity index (χ0n) is 9.52. The summed E-state index contributed by atoms with van der Waals surface area (Å²) in [5.41, 5.74) is 10.2. The Hall–Kier alpha value is -0.510. The van der Waals surface area contributed by atoms with Gasteiger partial charge in [-0.3, -0.25) is 10.8 Å². The number of carbonyl (C=O) groups excluding carboxylic acids is 1. The van der Waals surface area contributed by atoms with E-state index in [1.165, 1.54) is 23.5 Å². The first-order valence-electron chi connectivity index (χ1n) is 4.47. The molecule has 0 aliphatic rings. The summed E-state index contributed by atoms with van der Waals surface area (Å²) in [7, 11) is 0. The third-order valence-corrected chi connectivity index (χ3v) is 2.73. The fourth-order valence-electron chi connectivity index (χ4n) is 0.714. The van der Waals surface area contributed by atoms with Gasteiger partial charge < -0.3 is 22.1 Å². The molecule has 0 heterocycles. The van der Waals surface area contributed by atoms with Crippen LogP contribution in [0.25, 0.3) is 0 Å². The van der Waals surface area contributed by atoms with Gasteiger partial charge >= 0.3 is 6.03 Å². The molecule has 0 rings (SSSR count). The van der Waals surface area contributed by atoms with Crippen LogP contribution in [0.5, 0.6) is 0 Å². The number of rotatable bonds is 6. The molecule has 108 valence electrons. The number of thioether (sulfide) groups is 2. The molecule has 8 N–H and O–H groups in total. The SMILES string of the molecule is Cl.Cl.N=C(N)SCCNC(=O)NCCSC(=N)N. The van der Waals surface area contributed by atoms with E-state index in [0.717, 1.165) is 0 Å². The van der Waals surface area contributed by atoms with Crippen molar-refractivity contribution in [3.8, 4) is 0 Å². The van der Waals surface area contributed by atoms with Crippen LogP contribution in [0.4, 0.5) is 4.79 Å². The fraction of sp³-hybridized carbons (Fsp3) is 0.571. The van der Waals surface area contributed by atoms with Crippen LogP contribution in [0.1, 0.15) is 0 Å². The number of nitrogens with two attached hydrogens (primary N) is 2. The number of hydrogen-bond donors (Lipinski definition) is 6. The molecule has 18 heavy (non-hydrogen) atoms. The molecule has 0 saturated carbocycles. The molecule has 0 unspecified atom stereocenters. The minimum Gasteiger partial charge on any atom is -0.379 e. The molecule has 0 saturated heterocycles. The lowest BCUT2D eigenvalue weighted by atomic mass is 10.7. The first kappa shape index (κ1) is 22.7. The molecule has 0 aromatic rings. The predicted molar refractivity (Wildman–Crippen MR) is 84.6 cm³/mol. The minimum absolute atomic E-state index is 0. The zero-order chi connectivity index (χ0) is 12.4. The van der Waals surface area contributed by atoms with Crippen LogP contribution in [0.3, 0.4) is 0 Å². The van der Waals surface area contributed by atoms with Crippen molar-refractivity contribution in [1.82, 2.24) is 10.6 Å². The number of hydrogen-bond acceptors (Lipinski definition) is 5. The Bertz CT molecular complexity index is 244. The van der Waals surface area contributed by atoms with E-state index in [2.05, 4.69) is 10.6 Å². The van der Waals surface area contributed by atoms with Gasteiger partial charge in [0.15, 0.2) is 10.3 Å². The van der Waals surface area contributed by atoms with Gasteiger partial charge in [-0.15, -0.1) is 24.8 Å². The molecule has 11 heteroatoms. The van der Waals surface area contributed by atoms with Crippen LogP contribution in [0, 0.1) is 10.8 Å². The summed E-state index contributed by atoms with van der Waals surface area (Å²) >= 11 is 2.35. The summed E-state index contributed by atoms with van der Waals surface area (Å²) in [4.78, 5) is 11.1. The number of amidine groups is 2. The smallest absolute Gasteiger partial charge is 0.314 e. The van der Waals surface area contributed by atoms with E-state index in [0.29, 0.717) is 24.6 Å². The van der Waals surface area contributed by atoms with E-state index in [-0.39, 0.29) is 41.2 Å². The van der Waals surface area contributed by atoms with Crippen molar-refractivity contribution >= 4 is 64.7 Å². The van der Waals surface area contributed by atoms with Crippen molar-refractivity contribution in [3.63, 3.8) is 0 Å². The summed E-state index contributed by atoms with van der Waals surface area (Å²) in [5.74, 6) is 1.15. The first-order valence-corrected chi connectivity index (χ1v) is 6.45. The predicted octanol–water partition coefficient (Wildman–Crippen LogP) is 0.383. The zero-order valence-corrected chi connectivity index (χ0v) is 12.8. The van der Waals surface area contributed by atoms with Crippen molar-refractivity contribution in [1.29, 1.82) is 10.8 Å². The molecule has 0 aromatic heterocycles. The van der Waals surface area contributed by atoms with Crippen LogP contribution < -0.4 is 22.1 Å². The Morgan fingerprint density at radius 3 is 1.56 bits per heavy atom. The highest BCUT2D eigenvalue weighted by Crippen LogP contribution is 1.95. The maximum atomic E-state index is 11.1. The third kappa shape index (κ3) is 17.9. The second-order valence-electron chi connectivity index (χ2n) is 2.61. The molecule has 0 atom stereocenters. The highest BCUT2D eigenvalue weighted by Gasteiger charge is 1.99. The van der Waals surface area contributed by atoms with E-state index >= 15 is 0 Å². The van der Waals surface area contributed by atoms with Gasteiger partial charge in [-0.2, -0.15) is 0 Å². The van der Waals surface area contributed by atoms with Crippen LogP contribution in [0.2, 0.25) is 0 Å². The molecule has 0 bridgehead atoms. The van der Waals surface area contributed by atoms with Gasteiger partial charge in [0, 0.05) is 24.6 Å². The lowest BCUT2D eigenvalue weighted by Crippen LogP contribution is -2.38. The van der Waals surface area contributed by atoms with Gasteiger partial charge in [-0.05, 0) is 0 Å². The van der Waals surface area contributed by atoms with E-state index in [4.69, 9.17) is 22.3 Å². The first-order chi connectivity index (χ1) is 7.52. The van der Waals surface area contributed by atoms with Crippen LogP contribution in [-0.4, -0.2) is 41.0 Å². The number of carbonyl (C=O) groups is 1. The summed E-state index contributed by atoms with van der Waals surface area (Å²) in [6.45, 7) is 0.909. The van der Waals surface area contributed by atoms with Crippen molar-refractivity contribution in [3.05, 3.63) is 0 Å². The molecule has 0 aliphatic carbocycles. The Morgan fingerprint density at radius 1 is 0.944 bits per heavy atom. The standard InChI is InChI=1S/C7H16N6OS2.2ClH/c8-5(9)15-3-1-12-7(14)13-2-4-16-6(10)11;;/h1-4H2,(H3,8,9)(H3,10,11)(H2,12,13,14);2*1H. The molecule has 0 fully saturated rings. The summed E-state index contributed by atoms with van der Waals surface area (Å²) in [6, 6.07) is -0.270. The van der Waals surface area contributed by atoms with Crippen molar-refractivity contribution in [2.24, 2.45) is 11.5 Å². The van der Waals surface area contributed by atoms with Gasteiger partial charge in [0.05, 0.1) is 0 Å². The normalized spacial score (nSPS) is 8.44. The van der Waals surface area contributed by atoms with Gasteiger partial charge in [0.25, 0.3) is 0 Å². The van der Waals surface area contributed by atoms with E-state index in [9.17, 15) is 4.79 Å². The van der Waals surface area contributed by atoms with Crippen molar-refractivity contribution in [2.75, 3.05) is 24.6 Å². The maximum Gasteiger partial charge on any atom is 0.314 e. The highest BCUT2D eigenvalue weighted by atomic mass is 35.5. The molecular weight excluding hydrogens is 319 g/mol. The third-order valence-electron chi connectivity index (χ3n) is 1.29. The molecule has 0 spiro atoms. The topological polar surface area (TPSA) is 141 Å². The molecular formula is C7H18Cl2N6OS2. The molecule has 7 nitrogen and oxygen atoms in total. The Kier molecular flexibility index (Phi) is 18.3. The van der Waals surface area contributed by atoms with Crippen molar-refractivity contribution in [2.45, 2.75) is 0 Å². The molecule has 0 aromatic carbocycles. The lowest BCUT2D eigenvalue weighted by molar-refractivity contribution is 0.242. The summed E-state index contributed by atoms with van der Waals surface area (Å²) in [5, 5.41) is 19.2. The quantitative estimate of drug-likeness (QED) is 0.236. The number of halogens is 2. The Balaban J connectivity index is -0.00000112. The fourth-order valence-corrected chi connectivity index (χ4v) is 1.56. The van der Waals surface area contributed by atoms with Crippen LogP contribution in [0.15, 0.2) is 0 Å². The van der Waals surface area contributed by atoms with E-state index in [1.807, 2.05) is 0 Å². The summed E-state index contributed by atoms with van der Waals surface area (Å²) < 4.78 is 0. The van der Waals surface area contributed by atoms with Crippen LogP contribution in [-0.2, 0) is 0 Å². The largest absolute Gasteiger partial charge is 0.379 e. The Labute approximate surface area is 127 Å².